The van der Waals surface area contributed by atoms with Gasteiger partial charge in [0.25, 0.3) is 0 Å². The molecule has 1 heterocycles. The average molecular weight is 451 g/mol. The van der Waals surface area contributed by atoms with E-state index in [9.17, 15) is 0 Å². The number of hydrogen-bond donors (Lipinski definition) is 1. The summed E-state index contributed by atoms with van der Waals surface area (Å²) in [6, 6.07) is 30.5. The van der Waals surface area contributed by atoms with Gasteiger partial charge in [-0.3, -0.25) is 4.90 Å². The van der Waals surface area contributed by atoms with Crippen LogP contribution in [0.3, 0.4) is 0 Å². The predicted molar refractivity (Wildman–Crippen MR) is 140 cm³/mol. The van der Waals surface area contributed by atoms with Crippen molar-refractivity contribution in [3.8, 4) is 5.69 Å². The molecule has 0 amide bonds. The molecule has 0 aliphatic heterocycles. The molecule has 4 nitrogen and oxygen atoms in total. The van der Waals surface area contributed by atoms with Crippen molar-refractivity contribution < 1.29 is 0 Å². The summed E-state index contributed by atoms with van der Waals surface area (Å²) in [6.07, 6.45) is 12.5. The van der Waals surface area contributed by atoms with Gasteiger partial charge in [0.15, 0.2) is 0 Å². The molecule has 174 valence electrons. The third-order valence-corrected chi connectivity index (χ3v) is 6.93. The first-order valence-corrected chi connectivity index (χ1v) is 12.5. The van der Waals surface area contributed by atoms with E-state index in [1.807, 2.05) is 23.3 Å². The zero-order valence-electron chi connectivity index (χ0n) is 19.8. The van der Waals surface area contributed by atoms with E-state index in [4.69, 9.17) is 0 Å². The highest BCUT2D eigenvalue weighted by atomic mass is 15.3. The molecule has 0 bridgehead atoms. The SMILES string of the molecule is c1ccc(CN(Cc2ccccc2)C(Nc2ccc(-n3ccnc3)cc2)C2CCCCC2)cc1. The molecule has 4 aromatic rings. The van der Waals surface area contributed by atoms with E-state index in [2.05, 4.69) is 100 Å². The predicted octanol–water partition coefficient (Wildman–Crippen LogP) is 6.89. The standard InChI is InChI=1S/C30H34N4/c1-4-10-25(11-5-1)22-34(23-26-12-6-2-7-13-26)30(27-14-8-3-9-15-27)32-28-16-18-29(19-17-28)33-21-20-31-24-33/h1-2,4-7,10-13,16-21,24,27,30,32H,3,8-9,14-15,22-23H2. The Bertz CT molecular complexity index is 1060. The Labute approximate surface area is 203 Å². The van der Waals surface area contributed by atoms with E-state index in [0.717, 1.165) is 18.8 Å². The Morgan fingerprint density at radius 3 is 1.97 bits per heavy atom. The van der Waals surface area contributed by atoms with Crippen LogP contribution in [-0.2, 0) is 13.1 Å². The number of aromatic nitrogens is 2. The summed E-state index contributed by atoms with van der Waals surface area (Å²) >= 11 is 0. The highest BCUT2D eigenvalue weighted by Gasteiger charge is 2.29. The van der Waals surface area contributed by atoms with Crippen molar-refractivity contribution in [2.24, 2.45) is 5.92 Å². The average Bonchev–Trinajstić information content (AvgIpc) is 3.44. The molecule has 3 aromatic carbocycles. The van der Waals surface area contributed by atoms with Crippen molar-refractivity contribution in [2.45, 2.75) is 51.4 Å². The largest absolute Gasteiger partial charge is 0.369 e. The topological polar surface area (TPSA) is 33.1 Å². The zero-order chi connectivity index (χ0) is 23.0. The van der Waals surface area contributed by atoms with Gasteiger partial charge in [-0.05, 0) is 54.2 Å². The number of rotatable bonds is 9. The lowest BCUT2D eigenvalue weighted by atomic mass is 9.86. The van der Waals surface area contributed by atoms with Gasteiger partial charge in [0.05, 0.1) is 12.5 Å². The van der Waals surface area contributed by atoms with Crippen molar-refractivity contribution in [1.82, 2.24) is 14.5 Å². The fraction of sp³-hybridized carbons (Fsp3) is 0.300. The first-order valence-electron chi connectivity index (χ1n) is 12.5. The first-order chi connectivity index (χ1) is 16.8. The molecule has 0 radical (unpaired) electrons. The summed E-state index contributed by atoms with van der Waals surface area (Å²) < 4.78 is 2.04. The number of hydrogen-bond acceptors (Lipinski definition) is 3. The molecular formula is C30H34N4. The van der Waals surface area contributed by atoms with Gasteiger partial charge in [-0.25, -0.2) is 4.98 Å². The Hall–Kier alpha value is -3.37. The number of benzene rings is 3. The van der Waals surface area contributed by atoms with Crippen LogP contribution in [0.2, 0.25) is 0 Å². The van der Waals surface area contributed by atoms with E-state index in [1.54, 1.807) is 0 Å². The Balaban J connectivity index is 1.43. The van der Waals surface area contributed by atoms with Crippen molar-refractivity contribution in [2.75, 3.05) is 5.32 Å². The van der Waals surface area contributed by atoms with E-state index < -0.39 is 0 Å². The van der Waals surface area contributed by atoms with E-state index in [1.165, 1.54) is 48.9 Å². The maximum absolute atomic E-state index is 4.17. The van der Waals surface area contributed by atoms with E-state index >= 15 is 0 Å². The van der Waals surface area contributed by atoms with Crippen LogP contribution in [0, 0.1) is 5.92 Å². The molecule has 1 saturated carbocycles. The van der Waals surface area contributed by atoms with Gasteiger partial charge >= 0.3 is 0 Å². The van der Waals surface area contributed by atoms with Crippen LogP contribution in [0.4, 0.5) is 5.69 Å². The molecule has 1 aliphatic rings. The second kappa shape index (κ2) is 11.2. The molecule has 1 atom stereocenters. The second-order valence-electron chi connectivity index (χ2n) is 9.38. The summed E-state index contributed by atoms with van der Waals surface area (Å²) in [5.74, 6) is 0.634. The van der Waals surface area contributed by atoms with Crippen LogP contribution in [0.5, 0.6) is 0 Å². The van der Waals surface area contributed by atoms with Gasteiger partial charge in [-0.1, -0.05) is 79.9 Å². The fourth-order valence-corrected chi connectivity index (χ4v) is 5.16. The highest BCUT2D eigenvalue weighted by molar-refractivity contribution is 5.49. The summed E-state index contributed by atoms with van der Waals surface area (Å²) in [5, 5.41) is 3.96. The van der Waals surface area contributed by atoms with Crippen LogP contribution in [0.25, 0.3) is 5.69 Å². The van der Waals surface area contributed by atoms with Crippen LogP contribution >= 0.6 is 0 Å². The quantitative estimate of drug-likeness (QED) is 0.282. The Morgan fingerprint density at radius 2 is 1.41 bits per heavy atom. The highest BCUT2D eigenvalue weighted by Crippen LogP contribution is 2.32. The van der Waals surface area contributed by atoms with Gasteiger partial charge in [-0.2, -0.15) is 0 Å². The number of anilines is 1. The molecule has 0 saturated heterocycles. The van der Waals surface area contributed by atoms with E-state index in [-0.39, 0.29) is 6.17 Å². The minimum Gasteiger partial charge on any atom is -0.369 e. The number of nitrogens with one attached hydrogen (secondary N) is 1. The van der Waals surface area contributed by atoms with Crippen molar-refractivity contribution in [3.63, 3.8) is 0 Å². The monoisotopic (exact) mass is 450 g/mol. The lowest BCUT2D eigenvalue weighted by molar-refractivity contribution is 0.121. The minimum absolute atomic E-state index is 0.278. The summed E-state index contributed by atoms with van der Waals surface area (Å²) in [5.41, 5.74) is 5.02. The summed E-state index contributed by atoms with van der Waals surface area (Å²) in [6.45, 7) is 1.86. The van der Waals surface area contributed by atoms with Crippen molar-refractivity contribution in [3.05, 3.63) is 115 Å². The third-order valence-electron chi connectivity index (χ3n) is 6.93. The van der Waals surface area contributed by atoms with Gasteiger partial charge < -0.3 is 9.88 Å². The zero-order valence-corrected chi connectivity index (χ0v) is 19.8. The van der Waals surface area contributed by atoms with E-state index in [0.29, 0.717) is 5.92 Å². The van der Waals surface area contributed by atoms with Gasteiger partial charge in [0, 0.05) is 36.9 Å². The number of imidazole rings is 1. The van der Waals surface area contributed by atoms with Crippen LogP contribution < -0.4 is 5.32 Å². The van der Waals surface area contributed by atoms with Crippen molar-refractivity contribution in [1.29, 1.82) is 0 Å². The maximum Gasteiger partial charge on any atom is 0.0991 e. The maximum atomic E-state index is 4.17. The number of nitrogens with zero attached hydrogens (tertiary/aromatic N) is 3. The Kier molecular flexibility index (Phi) is 7.37. The minimum atomic E-state index is 0.278. The first kappa shape index (κ1) is 22.4. The lowest BCUT2D eigenvalue weighted by Gasteiger charge is -2.40. The summed E-state index contributed by atoms with van der Waals surface area (Å²) in [7, 11) is 0. The molecule has 1 unspecified atom stereocenters. The van der Waals surface area contributed by atoms with Crippen LogP contribution in [0.15, 0.2) is 104 Å². The molecule has 34 heavy (non-hydrogen) atoms. The van der Waals surface area contributed by atoms with Gasteiger partial charge in [0.1, 0.15) is 0 Å². The second-order valence-corrected chi connectivity index (χ2v) is 9.38. The van der Waals surface area contributed by atoms with Gasteiger partial charge in [-0.15, -0.1) is 0 Å². The van der Waals surface area contributed by atoms with Crippen LogP contribution in [-0.4, -0.2) is 20.6 Å². The fourth-order valence-electron chi connectivity index (χ4n) is 5.16. The normalized spacial score (nSPS) is 15.3. The third kappa shape index (κ3) is 5.75. The molecule has 4 heteroatoms. The molecule has 1 aromatic heterocycles. The molecule has 1 fully saturated rings. The molecular weight excluding hydrogens is 416 g/mol. The van der Waals surface area contributed by atoms with Gasteiger partial charge in [0.2, 0.25) is 0 Å². The van der Waals surface area contributed by atoms with Crippen molar-refractivity contribution >= 4 is 5.69 Å². The van der Waals surface area contributed by atoms with Crippen LogP contribution in [0.1, 0.15) is 43.2 Å². The molecule has 0 spiro atoms. The molecule has 5 rings (SSSR count). The lowest BCUT2D eigenvalue weighted by Crippen LogP contribution is -2.46. The summed E-state index contributed by atoms with van der Waals surface area (Å²) in [4.78, 5) is 6.82. The Morgan fingerprint density at radius 1 is 0.794 bits per heavy atom. The molecule has 1 aliphatic carbocycles. The smallest absolute Gasteiger partial charge is 0.0991 e. The molecule has 1 N–H and O–H groups in total.